The van der Waals surface area contributed by atoms with E-state index < -0.39 is 5.82 Å². The zero-order valence-electron chi connectivity index (χ0n) is 15.0. The van der Waals surface area contributed by atoms with Gasteiger partial charge in [-0.1, -0.05) is 43.3 Å². The molecular formula is C23H21F3. The van der Waals surface area contributed by atoms with E-state index in [1.807, 2.05) is 26.0 Å². The normalized spacial score (nSPS) is 11.0. The highest BCUT2D eigenvalue weighted by molar-refractivity contribution is 5.65. The van der Waals surface area contributed by atoms with Gasteiger partial charge in [-0.05, 0) is 72.2 Å². The van der Waals surface area contributed by atoms with Gasteiger partial charge in [0.1, 0.15) is 17.5 Å². The lowest BCUT2D eigenvalue weighted by Crippen LogP contribution is -1.97. The predicted molar refractivity (Wildman–Crippen MR) is 99.7 cm³/mol. The summed E-state index contributed by atoms with van der Waals surface area (Å²) in [6, 6.07) is 14.9. The molecule has 3 aromatic rings. The van der Waals surface area contributed by atoms with E-state index in [0.29, 0.717) is 41.5 Å². The molecule has 0 aliphatic heterocycles. The third-order valence-electron chi connectivity index (χ3n) is 4.67. The van der Waals surface area contributed by atoms with Crippen molar-refractivity contribution < 1.29 is 13.2 Å². The molecule has 0 saturated heterocycles. The summed E-state index contributed by atoms with van der Waals surface area (Å²) in [6.07, 6.45) is 1.65. The van der Waals surface area contributed by atoms with E-state index in [2.05, 4.69) is 0 Å². The van der Waals surface area contributed by atoms with Crippen LogP contribution >= 0.6 is 0 Å². The first kappa shape index (κ1) is 18.2. The lowest BCUT2D eigenvalue weighted by Gasteiger charge is -2.09. The number of hydrogen-bond donors (Lipinski definition) is 0. The van der Waals surface area contributed by atoms with Gasteiger partial charge in [-0.3, -0.25) is 0 Å². The Labute approximate surface area is 152 Å². The molecule has 0 amide bonds. The van der Waals surface area contributed by atoms with Crippen molar-refractivity contribution in [1.82, 2.24) is 0 Å². The standard InChI is InChI=1S/C23H21F3/c1-3-17-9-10-19(14-22(17)25)20-11-6-16(13-23(20)26)5-8-18-7-4-15(2)12-21(18)24/h4,6-7,9-14H,3,5,8H2,1-2H3. The van der Waals surface area contributed by atoms with Gasteiger partial charge in [0, 0.05) is 5.56 Å². The van der Waals surface area contributed by atoms with Crippen LogP contribution in [0.5, 0.6) is 0 Å². The first-order chi connectivity index (χ1) is 12.5. The lowest BCUT2D eigenvalue weighted by molar-refractivity contribution is 0.606. The van der Waals surface area contributed by atoms with E-state index in [1.54, 1.807) is 24.3 Å². The van der Waals surface area contributed by atoms with Crippen molar-refractivity contribution in [3.05, 3.63) is 94.3 Å². The Bertz CT molecular complexity index is 929. The highest BCUT2D eigenvalue weighted by Gasteiger charge is 2.10. The van der Waals surface area contributed by atoms with Gasteiger partial charge in [-0.25, -0.2) is 13.2 Å². The maximum Gasteiger partial charge on any atom is 0.131 e. The molecule has 26 heavy (non-hydrogen) atoms. The Morgan fingerprint density at radius 3 is 2.08 bits per heavy atom. The number of benzene rings is 3. The van der Waals surface area contributed by atoms with Crippen molar-refractivity contribution in [3.8, 4) is 11.1 Å². The first-order valence-corrected chi connectivity index (χ1v) is 8.80. The molecular weight excluding hydrogens is 333 g/mol. The number of halogens is 3. The molecule has 3 aromatic carbocycles. The van der Waals surface area contributed by atoms with E-state index in [4.69, 9.17) is 0 Å². The van der Waals surface area contributed by atoms with Crippen molar-refractivity contribution in [2.45, 2.75) is 33.1 Å². The van der Waals surface area contributed by atoms with Gasteiger partial charge in [0.2, 0.25) is 0 Å². The molecule has 0 aromatic heterocycles. The zero-order chi connectivity index (χ0) is 18.7. The molecule has 0 unspecified atom stereocenters. The summed E-state index contributed by atoms with van der Waals surface area (Å²) in [5.41, 5.74) is 3.80. The summed E-state index contributed by atoms with van der Waals surface area (Å²) < 4.78 is 42.4. The molecule has 0 fully saturated rings. The monoisotopic (exact) mass is 354 g/mol. The summed E-state index contributed by atoms with van der Waals surface area (Å²) in [5.74, 6) is -0.938. The molecule has 0 aliphatic carbocycles. The molecule has 0 radical (unpaired) electrons. The third kappa shape index (κ3) is 3.98. The van der Waals surface area contributed by atoms with Crippen LogP contribution in [0.25, 0.3) is 11.1 Å². The predicted octanol–water partition coefficient (Wildman–Crippen LogP) is 6.43. The Kier molecular flexibility index (Phi) is 5.46. The molecule has 3 heteroatoms. The summed E-state index contributed by atoms with van der Waals surface area (Å²) >= 11 is 0. The Hall–Kier alpha value is -2.55. The lowest BCUT2D eigenvalue weighted by atomic mass is 9.98. The van der Waals surface area contributed by atoms with Crippen molar-refractivity contribution in [2.24, 2.45) is 0 Å². The number of hydrogen-bond acceptors (Lipinski definition) is 0. The van der Waals surface area contributed by atoms with Crippen molar-refractivity contribution in [3.63, 3.8) is 0 Å². The Morgan fingerprint density at radius 1 is 0.692 bits per heavy atom. The first-order valence-electron chi connectivity index (χ1n) is 8.80. The topological polar surface area (TPSA) is 0 Å². The van der Waals surface area contributed by atoms with Crippen LogP contribution in [0.15, 0.2) is 54.6 Å². The SMILES string of the molecule is CCc1ccc(-c2ccc(CCc3ccc(C)cc3F)cc2F)cc1F. The molecule has 0 atom stereocenters. The van der Waals surface area contributed by atoms with Crippen LogP contribution in [-0.2, 0) is 19.3 Å². The van der Waals surface area contributed by atoms with Crippen LogP contribution in [0, 0.1) is 24.4 Å². The van der Waals surface area contributed by atoms with Gasteiger partial charge in [-0.15, -0.1) is 0 Å². The van der Waals surface area contributed by atoms with Crippen LogP contribution in [0.4, 0.5) is 13.2 Å². The Balaban J connectivity index is 1.78. The molecule has 0 heterocycles. The molecule has 0 N–H and O–H groups in total. The quantitative estimate of drug-likeness (QED) is 0.495. The fourth-order valence-electron chi connectivity index (χ4n) is 3.08. The van der Waals surface area contributed by atoms with Gasteiger partial charge >= 0.3 is 0 Å². The fraction of sp³-hybridized carbons (Fsp3) is 0.217. The van der Waals surface area contributed by atoms with Crippen molar-refractivity contribution in [1.29, 1.82) is 0 Å². The molecule has 0 saturated carbocycles. The summed E-state index contributed by atoms with van der Waals surface area (Å²) in [4.78, 5) is 0. The van der Waals surface area contributed by atoms with E-state index in [-0.39, 0.29) is 11.6 Å². The largest absolute Gasteiger partial charge is 0.207 e. The van der Waals surface area contributed by atoms with Gasteiger partial charge in [0.05, 0.1) is 0 Å². The summed E-state index contributed by atoms with van der Waals surface area (Å²) in [6.45, 7) is 3.72. The third-order valence-corrected chi connectivity index (χ3v) is 4.67. The highest BCUT2D eigenvalue weighted by atomic mass is 19.1. The molecule has 0 nitrogen and oxygen atoms in total. The summed E-state index contributed by atoms with van der Waals surface area (Å²) in [7, 11) is 0. The van der Waals surface area contributed by atoms with Crippen molar-refractivity contribution in [2.75, 3.05) is 0 Å². The highest BCUT2D eigenvalue weighted by Crippen LogP contribution is 2.26. The van der Waals surface area contributed by atoms with Crippen LogP contribution in [0.3, 0.4) is 0 Å². The zero-order valence-corrected chi connectivity index (χ0v) is 15.0. The molecule has 0 bridgehead atoms. The van der Waals surface area contributed by atoms with Crippen LogP contribution < -0.4 is 0 Å². The average molecular weight is 354 g/mol. The minimum Gasteiger partial charge on any atom is -0.207 e. The second-order valence-electron chi connectivity index (χ2n) is 6.57. The fourth-order valence-corrected chi connectivity index (χ4v) is 3.08. The number of aryl methyl sites for hydroxylation is 4. The maximum absolute atomic E-state index is 14.5. The minimum atomic E-state index is -0.393. The van der Waals surface area contributed by atoms with Crippen LogP contribution in [-0.4, -0.2) is 0 Å². The molecule has 0 spiro atoms. The second-order valence-corrected chi connectivity index (χ2v) is 6.57. The molecule has 0 aliphatic rings. The summed E-state index contributed by atoms with van der Waals surface area (Å²) in [5, 5.41) is 0. The van der Waals surface area contributed by atoms with E-state index >= 15 is 0 Å². The van der Waals surface area contributed by atoms with Crippen LogP contribution in [0.2, 0.25) is 0 Å². The maximum atomic E-state index is 14.5. The smallest absolute Gasteiger partial charge is 0.131 e. The van der Waals surface area contributed by atoms with E-state index in [9.17, 15) is 13.2 Å². The Morgan fingerprint density at radius 2 is 1.42 bits per heavy atom. The number of rotatable bonds is 5. The van der Waals surface area contributed by atoms with Gasteiger partial charge in [-0.2, -0.15) is 0 Å². The minimum absolute atomic E-state index is 0.228. The second kappa shape index (κ2) is 7.77. The molecule has 3 rings (SSSR count). The van der Waals surface area contributed by atoms with E-state index in [1.165, 1.54) is 18.2 Å². The average Bonchev–Trinajstić information content (AvgIpc) is 2.61. The molecule has 134 valence electrons. The van der Waals surface area contributed by atoms with E-state index in [0.717, 1.165) is 11.1 Å². The van der Waals surface area contributed by atoms with Gasteiger partial charge in [0.25, 0.3) is 0 Å². The van der Waals surface area contributed by atoms with Gasteiger partial charge < -0.3 is 0 Å². The van der Waals surface area contributed by atoms with Crippen LogP contribution in [0.1, 0.15) is 29.2 Å². The van der Waals surface area contributed by atoms with Gasteiger partial charge in [0.15, 0.2) is 0 Å². The van der Waals surface area contributed by atoms with Crippen molar-refractivity contribution >= 4 is 0 Å².